The molecule has 14 heavy (non-hydrogen) atoms. The minimum atomic E-state index is 0.358. The van der Waals surface area contributed by atoms with Crippen LogP contribution >= 0.6 is 0 Å². The fourth-order valence-electron chi connectivity index (χ4n) is 1.69. The second-order valence-corrected chi connectivity index (χ2v) is 3.53. The molecular formula is C11H13BN2. The maximum Gasteiger partial charge on any atom is 0.252 e. The predicted octanol–water partition coefficient (Wildman–Crippen LogP) is 0.659. The molecule has 0 unspecified atom stereocenters. The molecule has 1 aromatic heterocycles. The van der Waals surface area contributed by atoms with Gasteiger partial charge in [0.15, 0.2) is 0 Å². The van der Waals surface area contributed by atoms with Gasteiger partial charge in [0.05, 0.1) is 5.72 Å². The van der Waals surface area contributed by atoms with E-state index < -0.39 is 0 Å². The maximum atomic E-state index is 4.36. The highest BCUT2D eigenvalue weighted by Gasteiger charge is 2.16. The predicted molar refractivity (Wildman–Crippen MR) is 60.5 cm³/mol. The summed E-state index contributed by atoms with van der Waals surface area (Å²) in [4.78, 5) is 4.36. The van der Waals surface area contributed by atoms with Crippen LogP contribution < -0.4 is 11.2 Å². The Kier molecular flexibility index (Phi) is 2.40. The van der Waals surface area contributed by atoms with Gasteiger partial charge in [0, 0.05) is 19.4 Å². The van der Waals surface area contributed by atoms with E-state index in [1.54, 1.807) is 0 Å². The molecule has 0 atom stereocenters. The van der Waals surface area contributed by atoms with Crippen molar-refractivity contribution >= 4 is 17.9 Å². The first-order valence-electron chi connectivity index (χ1n) is 4.81. The summed E-state index contributed by atoms with van der Waals surface area (Å²) in [7, 11) is 2.03. The molecule has 2 aromatic rings. The first kappa shape index (κ1) is 9.07. The van der Waals surface area contributed by atoms with Crippen LogP contribution in [0, 0.1) is 0 Å². The topological polar surface area (TPSA) is 17.8 Å². The van der Waals surface area contributed by atoms with E-state index in [-0.39, 0.29) is 0 Å². The third-order valence-electron chi connectivity index (χ3n) is 2.55. The van der Waals surface area contributed by atoms with E-state index in [9.17, 15) is 0 Å². The summed E-state index contributed by atoms with van der Waals surface area (Å²) in [6.45, 7) is 2.54. The van der Waals surface area contributed by atoms with Crippen molar-refractivity contribution in [3.05, 3.63) is 42.7 Å². The van der Waals surface area contributed by atoms with Gasteiger partial charge in [0.2, 0.25) is 0 Å². The fraction of sp³-hybridized carbons (Fsp3) is 0.182. The molecule has 3 heteroatoms. The molecule has 0 amide bonds. The number of hydrogen-bond donors (Lipinski definition) is 0. The molecule has 0 aliphatic carbocycles. The van der Waals surface area contributed by atoms with Crippen molar-refractivity contribution in [2.75, 3.05) is 0 Å². The van der Waals surface area contributed by atoms with Crippen molar-refractivity contribution in [1.29, 1.82) is 0 Å². The number of benzene rings is 1. The molecule has 0 spiro atoms. The lowest BCUT2D eigenvalue weighted by Crippen LogP contribution is -2.44. The molecule has 0 radical (unpaired) electrons. The summed E-state index contributed by atoms with van der Waals surface area (Å²) in [6, 6.07) is 10.4. The summed E-state index contributed by atoms with van der Waals surface area (Å²) >= 11 is 0. The van der Waals surface area contributed by atoms with Crippen LogP contribution in [0.4, 0.5) is 0 Å². The van der Waals surface area contributed by atoms with E-state index in [2.05, 4.69) is 40.6 Å². The molecule has 70 valence electrons. The zero-order chi connectivity index (χ0) is 9.97. The average molecular weight is 184 g/mol. The highest BCUT2D eigenvalue weighted by atomic mass is 15.0. The highest BCUT2D eigenvalue weighted by molar-refractivity contribution is 6.82. The molecule has 0 saturated carbocycles. The van der Waals surface area contributed by atoms with Crippen LogP contribution in [0.1, 0.15) is 0 Å². The minimum Gasteiger partial charge on any atom is -0.346 e. The monoisotopic (exact) mass is 184 g/mol. The Hall–Kier alpha value is -1.51. The van der Waals surface area contributed by atoms with Gasteiger partial charge in [-0.3, -0.25) is 4.98 Å². The standard InChI is InChI=1S/C11H13BN2/c1-12(10-6-4-3-5-7-10)11-13-8-9-14(11)2/h3-9H,1-2H3. The highest BCUT2D eigenvalue weighted by Crippen LogP contribution is 1.89. The second-order valence-electron chi connectivity index (χ2n) is 3.53. The van der Waals surface area contributed by atoms with Crippen LogP contribution in [0.25, 0.3) is 0 Å². The van der Waals surface area contributed by atoms with Gasteiger partial charge in [0.25, 0.3) is 6.71 Å². The quantitative estimate of drug-likeness (QED) is 0.627. The zero-order valence-corrected chi connectivity index (χ0v) is 8.51. The number of nitrogens with zero attached hydrogens (tertiary/aromatic N) is 2. The van der Waals surface area contributed by atoms with E-state index in [1.165, 1.54) is 5.46 Å². The van der Waals surface area contributed by atoms with Gasteiger partial charge in [0.1, 0.15) is 0 Å². The molecule has 0 aliphatic heterocycles. The Morgan fingerprint density at radius 1 is 1.21 bits per heavy atom. The molecule has 0 fully saturated rings. The van der Waals surface area contributed by atoms with Crippen LogP contribution in [0.2, 0.25) is 6.82 Å². The summed E-state index contributed by atoms with van der Waals surface area (Å²) < 4.78 is 2.07. The molecule has 2 nitrogen and oxygen atoms in total. The largest absolute Gasteiger partial charge is 0.346 e. The fourth-order valence-corrected chi connectivity index (χ4v) is 1.69. The summed E-state index contributed by atoms with van der Waals surface area (Å²) in [6.07, 6.45) is 3.82. The lowest BCUT2D eigenvalue weighted by Gasteiger charge is -2.08. The van der Waals surface area contributed by atoms with Crippen LogP contribution in [-0.2, 0) is 7.05 Å². The molecule has 0 aliphatic rings. The Morgan fingerprint density at radius 3 is 2.50 bits per heavy atom. The zero-order valence-electron chi connectivity index (χ0n) is 8.51. The SMILES string of the molecule is CB(c1ccccc1)c1nccn1C. The number of rotatable bonds is 2. The van der Waals surface area contributed by atoms with E-state index in [1.807, 2.05) is 25.5 Å². The van der Waals surface area contributed by atoms with Crippen LogP contribution in [0.5, 0.6) is 0 Å². The summed E-state index contributed by atoms with van der Waals surface area (Å²) in [5.74, 6) is 0. The Morgan fingerprint density at radius 2 is 1.93 bits per heavy atom. The Bertz CT molecular complexity index is 408. The Labute approximate surface area is 84.7 Å². The Balaban J connectivity index is 2.34. The van der Waals surface area contributed by atoms with Gasteiger partial charge in [-0.05, 0) is 0 Å². The molecule has 0 N–H and O–H groups in total. The number of imidazole rings is 1. The third-order valence-corrected chi connectivity index (χ3v) is 2.55. The normalized spacial score (nSPS) is 10.1. The minimum absolute atomic E-state index is 0.358. The molecule has 0 saturated heterocycles. The van der Waals surface area contributed by atoms with Crippen molar-refractivity contribution < 1.29 is 0 Å². The van der Waals surface area contributed by atoms with Crippen molar-refractivity contribution in [2.45, 2.75) is 6.82 Å². The number of aromatic nitrogens is 2. The van der Waals surface area contributed by atoms with Crippen molar-refractivity contribution in [2.24, 2.45) is 7.05 Å². The second kappa shape index (κ2) is 3.70. The van der Waals surface area contributed by atoms with Gasteiger partial charge < -0.3 is 4.57 Å². The van der Waals surface area contributed by atoms with Crippen molar-refractivity contribution in [3.63, 3.8) is 0 Å². The first-order chi connectivity index (χ1) is 6.79. The first-order valence-corrected chi connectivity index (χ1v) is 4.81. The van der Waals surface area contributed by atoms with Crippen LogP contribution in [0.3, 0.4) is 0 Å². The van der Waals surface area contributed by atoms with E-state index >= 15 is 0 Å². The van der Waals surface area contributed by atoms with Gasteiger partial charge in [-0.2, -0.15) is 0 Å². The molecular weight excluding hydrogens is 171 g/mol. The molecule has 0 bridgehead atoms. The summed E-state index contributed by atoms with van der Waals surface area (Å²) in [5, 5.41) is 0. The smallest absolute Gasteiger partial charge is 0.252 e. The third kappa shape index (κ3) is 1.58. The van der Waals surface area contributed by atoms with Gasteiger partial charge in [-0.15, -0.1) is 0 Å². The maximum absolute atomic E-state index is 4.36. The average Bonchev–Trinajstić information content (AvgIpc) is 2.65. The van der Waals surface area contributed by atoms with E-state index in [0.717, 1.165) is 5.72 Å². The lowest BCUT2D eigenvalue weighted by atomic mass is 9.46. The molecule has 1 heterocycles. The van der Waals surface area contributed by atoms with Crippen LogP contribution in [0.15, 0.2) is 42.7 Å². The number of aryl methyl sites for hydroxylation is 1. The van der Waals surface area contributed by atoms with Gasteiger partial charge in [-0.1, -0.05) is 42.6 Å². The van der Waals surface area contributed by atoms with Gasteiger partial charge >= 0.3 is 0 Å². The van der Waals surface area contributed by atoms with Crippen molar-refractivity contribution in [1.82, 2.24) is 9.55 Å². The van der Waals surface area contributed by atoms with E-state index in [4.69, 9.17) is 0 Å². The summed E-state index contributed by atoms with van der Waals surface area (Å²) in [5.41, 5.74) is 2.41. The van der Waals surface area contributed by atoms with Gasteiger partial charge in [-0.25, -0.2) is 0 Å². The van der Waals surface area contributed by atoms with Crippen LogP contribution in [-0.4, -0.2) is 16.3 Å². The van der Waals surface area contributed by atoms with Crippen molar-refractivity contribution in [3.8, 4) is 0 Å². The number of hydrogen-bond acceptors (Lipinski definition) is 1. The molecule has 1 aromatic carbocycles. The van der Waals surface area contributed by atoms with E-state index in [0.29, 0.717) is 6.71 Å². The molecule has 2 rings (SSSR count). The lowest BCUT2D eigenvalue weighted by molar-refractivity contribution is 0.948.